The topological polar surface area (TPSA) is 36.5 Å². The van der Waals surface area contributed by atoms with Crippen molar-refractivity contribution in [3.05, 3.63) is 84.6 Å². The van der Waals surface area contributed by atoms with Crippen molar-refractivity contribution in [1.29, 1.82) is 0 Å². The molecule has 1 aliphatic heterocycles. The first-order valence-electron chi connectivity index (χ1n) is 12.5. The van der Waals surface area contributed by atoms with Crippen LogP contribution < -0.4 is 5.46 Å². The molecule has 5 heteroatoms. The molecule has 0 N–H and O–H groups in total. The first-order valence-corrected chi connectivity index (χ1v) is 12.5. The van der Waals surface area contributed by atoms with Crippen LogP contribution in [0.4, 0.5) is 0 Å². The van der Waals surface area contributed by atoms with E-state index in [1.54, 1.807) is 6.08 Å². The summed E-state index contributed by atoms with van der Waals surface area (Å²) in [7, 11) is -0.407. The van der Waals surface area contributed by atoms with Crippen molar-refractivity contribution in [2.45, 2.75) is 45.8 Å². The van der Waals surface area contributed by atoms with Crippen LogP contribution >= 0.6 is 0 Å². The van der Waals surface area contributed by atoms with E-state index in [0.29, 0.717) is 0 Å². The van der Waals surface area contributed by atoms with Gasteiger partial charge in [-0.3, -0.25) is 0 Å². The van der Waals surface area contributed by atoms with Gasteiger partial charge in [0.25, 0.3) is 0 Å². The molecule has 0 saturated carbocycles. The van der Waals surface area contributed by atoms with Crippen LogP contribution in [0, 0.1) is 0 Å². The molecular weight excluding hydrogens is 445 g/mol. The maximum atomic E-state index is 6.36. The van der Waals surface area contributed by atoms with Crippen LogP contribution in [0.25, 0.3) is 50.6 Å². The van der Waals surface area contributed by atoms with E-state index in [1.807, 2.05) is 25.1 Å². The highest BCUT2D eigenvalue weighted by Crippen LogP contribution is 2.39. The molecule has 0 spiro atoms. The largest absolute Gasteiger partial charge is 0.494 e. The van der Waals surface area contributed by atoms with Crippen molar-refractivity contribution >= 4 is 57.5 Å². The number of aromatic nitrogens is 1. The molecule has 1 saturated heterocycles. The zero-order chi connectivity index (χ0) is 25.2. The summed E-state index contributed by atoms with van der Waals surface area (Å²) in [5.41, 5.74) is 5.47. The molecule has 2 aromatic heterocycles. The Balaban J connectivity index is 1.62. The SMILES string of the molecule is C=Cc1oc2cccc(-n3c4ccccc4c4cc(B5OC(C)(C)C(C)(C)O5)ccc43)c2c1/C=C\C. The Morgan fingerprint density at radius 3 is 2.31 bits per heavy atom. The van der Waals surface area contributed by atoms with Gasteiger partial charge in [-0.2, -0.15) is 0 Å². The van der Waals surface area contributed by atoms with Gasteiger partial charge in [-0.15, -0.1) is 0 Å². The molecule has 4 nitrogen and oxygen atoms in total. The highest BCUT2D eigenvalue weighted by atomic mass is 16.7. The number of hydrogen-bond acceptors (Lipinski definition) is 3. The zero-order valence-corrected chi connectivity index (χ0v) is 21.5. The summed E-state index contributed by atoms with van der Waals surface area (Å²) in [6.45, 7) is 14.3. The monoisotopic (exact) mass is 475 g/mol. The molecule has 3 heterocycles. The van der Waals surface area contributed by atoms with Crippen molar-refractivity contribution in [3.63, 3.8) is 0 Å². The van der Waals surface area contributed by atoms with Gasteiger partial charge >= 0.3 is 7.12 Å². The van der Waals surface area contributed by atoms with Gasteiger partial charge in [0, 0.05) is 16.3 Å². The first-order chi connectivity index (χ1) is 17.3. The minimum absolute atomic E-state index is 0.385. The molecule has 0 unspecified atom stereocenters. The van der Waals surface area contributed by atoms with E-state index in [0.717, 1.165) is 49.9 Å². The van der Waals surface area contributed by atoms with Crippen molar-refractivity contribution in [2.75, 3.05) is 0 Å². The molecule has 0 radical (unpaired) electrons. The Kier molecular flexibility index (Phi) is 5.08. The lowest BCUT2D eigenvalue weighted by Crippen LogP contribution is -2.41. The van der Waals surface area contributed by atoms with Gasteiger partial charge in [0.15, 0.2) is 0 Å². The minimum Gasteiger partial charge on any atom is -0.456 e. The normalized spacial score (nSPS) is 17.2. The Morgan fingerprint density at radius 2 is 1.58 bits per heavy atom. The fourth-order valence-corrected chi connectivity index (χ4v) is 5.22. The predicted molar refractivity (Wildman–Crippen MR) is 151 cm³/mol. The molecule has 0 aliphatic carbocycles. The molecule has 180 valence electrons. The van der Waals surface area contributed by atoms with E-state index in [-0.39, 0.29) is 11.2 Å². The number of nitrogens with zero attached hydrogens (tertiary/aromatic N) is 1. The van der Waals surface area contributed by atoms with Crippen LogP contribution in [0.5, 0.6) is 0 Å². The summed E-state index contributed by atoms with van der Waals surface area (Å²) >= 11 is 0. The molecule has 0 bridgehead atoms. The summed E-state index contributed by atoms with van der Waals surface area (Å²) < 4.78 is 21.2. The number of furan rings is 1. The molecule has 6 rings (SSSR count). The van der Waals surface area contributed by atoms with Crippen molar-refractivity contribution < 1.29 is 13.7 Å². The van der Waals surface area contributed by atoms with Gasteiger partial charge in [-0.25, -0.2) is 0 Å². The third-order valence-corrected chi connectivity index (χ3v) is 7.74. The van der Waals surface area contributed by atoms with Crippen LogP contribution in [0.3, 0.4) is 0 Å². The van der Waals surface area contributed by atoms with E-state index in [9.17, 15) is 0 Å². The van der Waals surface area contributed by atoms with Crippen LogP contribution in [0.1, 0.15) is 45.9 Å². The summed E-state index contributed by atoms with van der Waals surface area (Å²) in [6.07, 6.45) is 5.91. The summed E-state index contributed by atoms with van der Waals surface area (Å²) in [5, 5.41) is 3.42. The van der Waals surface area contributed by atoms with E-state index < -0.39 is 7.12 Å². The average Bonchev–Trinajstić information content (AvgIpc) is 3.45. The smallest absolute Gasteiger partial charge is 0.456 e. The zero-order valence-electron chi connectivity index (χ0n) is 21.5. The van der Waals surface area contributed by atoms with Gasteiger partial charge in [0.2, 0.25) is 0 Å². The molecule has 36 heavy (non-hydrogen) atoms. The first kappa shape index (κ1) is 22.9. The van der Waals surface area contributed by atoms with Crippen LogP contribution in [0.2, 0.25) is 0 Å². The lowest BCUT2D eigenvalue weighted by atomic mass is 9.78. The van der Waals surface area contributed by atoms with Crippen molar-refractivity contribution in [3.8, 4) is 5.69 Å². The Bertz CT molecular complexity index is 1670. The second-order valence-electron chi connectivity index (χ2n) is 10.5. The summed E-state index contributed by atoms with van der Waals surface area (Å²) in [6, 6.07) is 21.3. The maximum Gasteiger partial charge on any atom is 0.494 e. The molecule has 1 fully saturated rings. The number of para-hydroxylation sites is 1. The quantitative estimate of drug-likeness (QED) is 0.253. The number of hydrogen-bond donors (Lipinski definition) is 0. The minimum atomic E-state index is -0.407. The second kappa shape index (κ2) is 7.99. The fourth-order valence-electron chi connectivity index (χ4n) is 5.22. The number of fused-ring (bicyclic) bond motifs is 4. The summed E-state index contributed by atoms with van der Waals surface area (Å²) in [5.74, 6) is 0.777. The highest BCUT2D eigenvalue weighted by molar-refractivity contribution is 6.62. The average molecular weight is 475 g/mol. The Hall–Kier alpha value is -3.54. The van der Waals surface area contributed by atoms with Gasteiger partial charge in [0.05, 0.1) is 33.3 Å². The van der Waals surface area contributed by atoms with Gasteiger partial charge < -0.3 is 18.3 Å². The number of allylic oxidation sites excluding steroid dienone is 1. The molecule has 0 amide bonds. The van der Waals surface area contributed by atoms with Crippen LogP contribution in [-0.4, -0.2) is 22.9 Å². The molecule has 5 aromatic rings. The third kappa shape index (κ3) is 3.23. The van der Waals surface area contributed by atoms with E-state index in [4.69, 9.17) is 13.7 Å². The van der Waals surface area contributed by atoms with Crippen molar-refractivity contribution in [2.24, 2.45) is 0 Å². The van der Waals surface area contributed by atoms with Crippen LogP contribution in [-0.2, 0) is 9.31 Å². The highest BCUT2D eigenvalue weighted by Gasteiger charge is 2.51. The Labute approximate surface area is 211 Å². The molecule has 3 aromatic carbocycles. The second-order valence-corrected chi connectivity index (χ2v) is 10.5. The maximum absolute atomic E-state index is 6.36. The van der Waals surface area contributed by atoms with Crippen molar-refractivity contribution in [1.82, 2.24) is 4.57 Å². The predicted octanol–water partition coefficient (Wildman–Crippen LogP) is 7.51. The number of rotatable bonds is 4. The molecule has 0 atom stereocenters. The van der Waals surface area contributed by atoms with E-state index in [1.165, 1.54) is 5.39 Å². The molecule has 1 aliphatic rings. The van der Waals surface area contributed by atoms with Gasteiger partial charge in [-0.1, -0.05) is 55.1 Å². The lowest BCUT2D eigenvalue weighted by molar-refractivity contribution is 0.00578. The Morgan fingerprint density at radius 1 is 0.861 bits per heavy atom. The van der Waals surface area contributed by atoms with Crippen LogP contribution in [0.15, 0.2) is 77.7 Å². The van der Waals surface area contributed by atoms with Gasteiger partial charge in [-0.05, 0) is 70.4 Å². The standard InChI is InChI=1S/C31H30BNO3/c1-7-12-22-27(8-2)34-28-16-11-15-26(29(22)28)33-24-14-10-9-13-21(24)23-19-20(17-18-25(23)33)32-35-30(3,4)31(5,6)36-32/h7-19H,2H2,1,3-6H3/b12-7-. The van der Waals surface area contributed by atoms with E-state index in [2.05, 4.69) is 93.4 Å². The van der Waals surface area contributed by atoms with E-state index >= 15 is 0 Å². The molecular formula is C31H30BNO3. The van der Waals surface area contributed by atoms with Gasteiger partial charge in [0.1, 0.15) is 11.3 Å². The number of benzene rings is 3. The third-order valence-electron chi connectivity index (χ3n) is 7.74. The fraction of sp³-hybridized carbons (Fsp3) is 0.226. The lowest BCUT2D eigenvalue weighted by Gasteiger charge is -2.32. The summed E-state index contributed by atoms with van der Waals surface area (Å²) in [4.78, 5) is 0.